The molecule has 1 heterocycles. The van der Waals surface area contributed by atoms with Crippen LogP contribution < -0.4 is 10.6 Å². The largest absolute Gasteiger partial charge is 0.460 e. The first-order valence-corrected chi connectivity index (χ1v) is 8.17. The molecule has 6 heteroatoms. The first kappa shape index (κ1) is 16.0. The Morgan fingerprint density at radius 2 is 2.17 bits per heavy atom. The maximum absolute atomic E-state index is 12.1. The van der Waals surface area contributed by atoms with E-state index in [0.717, 1.165) is 18.5 Å². The second-order valence-electron chi connectivity index (χ2n) is 5.64. The molecule has 0 aromatic heterocycles. The van der Waals surface area contributed by atoms with E-state index < -0.39 is 0 Å². The molecule has 2 N–H and O–H groups in total. The van der Waals surface area contributed by atoms with Gasteiger partial charge in [-0.3, -0.25) is 0 Å². The number of nitrogens with one attached hydrogen (secondary N) is 2. The van der Waals surface area contributed by atoms with Gasteiger partial charge in [0.15, 0.2) is 5.11 Å². The number of carbonyl (C=O) groups is 1. The predicted molar refractivity (Wildman–Crippen MR) is 90.9 cm³/mol. The summed E-state index contributed by atoms with van der Waals surface area (Å²) in [5.41, 5.74) is 3.92. The van der Waals surface area contributed by atoms with Crippen molar-refractivity contribution in [2.24, 2.45) is 0 Å². The quantitative estimate of drug-likeness (QED) is 0.488. The normalized spacial score (nSPS) is 19.9. The van der Waals surface area contributed by atoms with Crippen molar-refractivity contribution in [1.82, 2.24) is 10.6 Å². The lowest BCUT2D eigenvalue weighted by molar-refractivity contribution is -0.141. The van der Waals surface area contributed by atoms with Crippen LogP contribution in [0.25, 0.3) is 0 Å². The topological polar surface area (TPSA) is 59.6 Å². The fourth-order valence-corrected chi connectivity index (χ4v) is 3.14. The lowest BCUT2D eigenvalue weighted by Crippen LogP contribution is -2.43. The summed E-state index contributed by atoms with van der Waals surface area (Å²) >= 11 is 4.99. The summed E-state index contributed by atoms with van der Waals surface area (Å²) in [6.07, 6.45) is 2.15. The van der Waals surface area contributed by atoms with Gasteiger partial charge in [-0.2, -0.15) is 0 Å². The summed E-state index contributed by atoms with van der Waals surface area (Å²) in [7, 11) is 0. The van der Waals surface area contributed by atoms with E-state index in [2.05, 4.69) is 28.8 Å². The fraction of sp³-hybridized carbons (Fsp3) is 0.412. The van der Waals surface area contributed by atoms with E-state index in [9.17, 15) is 4.79 Å². The summed E-state index contributed by atoms with van der Waals surface area (Å²) in [5.74, 6) is -0.333. The van der Waals surface area contributed by atoms with E-state index in [1.807, 2.05) is 13.0 Å². The van der Waals surface area contributed by atoms with Crippen LogP contribution in [-0.4, -0.2) is 30.8 Å². The Labute approximate surface area is 141 Å². The van der Waals surface area contributed by atoms with Crippen LogP contribution >= 0.6 is 12.2 Å². The van der Waals surface area contributed by atoms with Crippen molar-refractivity contribution in [2.75, 3.05) is 19.8 Å². The van der Waals surface area contributed by atoms with Crippen molar-refractivity contribution < 1.29 is 14.3 Å². The molecule has 1 unspecified atom stereocenters. The van der Waals surface area contributed by atoms with Gasteiger partial charge in [-0.05, 0) is 43.1 Å². The molecule has 23 heavy (non-hydrogen) atoms. The number of thiocarbonyl (C=S) groups is 1. The van der Waals surface area contributed by atoms with Gasteiger partial charge in [-0.1, -0.05) is 24.3 Å². The van der Waals surface area contributed by atoms with Crippen LogP contribution in [-0.2, 0) is 20.7 Å². The fourth-order valence-electron chi connectivity index (χ4n) is 2.92. The minimum absolute atomic E-state index is 0.112. The van der Waals surface area contributed by atoms with Crippen molar-refractivity contribution in [2.45, 2.75) is 25.9 Å². The summed E-state index contributed by atoms with van der Waals surface area (Å²) in [6.45, 7) is 2.86. The molecule has 1 aliphatic carbocycles. The third-order valence-electron chi connectivity index (χ3n) is 4.14. The van der Waals surface area contributed by atoms with Crippen molar-refractivity contribution in [3.05, 3.63) is 46.7 Å². The van der Waals surface area contributed by atoms with Crippen LogP contribution in [0, 0.1) is 0 Å². The number of rotatable bonds is 5. The SMILES string of the molecule is CC1=C(C(=O)OCCOC2CCc3ccccc32)CNC(=S)N1. The zero-order valence-corrected chi connectivity index (χ0v) is 13.9. The molecule has 2 aliphatic rings. The number of ether oxygens (including phenoxy) is 2. The molecular formula is C17H20N2O3S. The minimum atomic E-state index is -0.333. The molecule has 122 valence electrons. The predicted octanol–water partition coefficient (Wildman–Crippen LogP) is 1.99. The van der Waals surface area contributed by atoms with Gasteiger partial charge in [0.2, 0.25) is 0 Å². The van der Waals surface area contributed by atoms with E-state index in [4.69, 9.17) is 21.7 Å². The second kappa shape index (κ2) is 7.10. The average molecular weight is 332 g/mol. The molecule has 1 aromatic carbocycles. The van der Waals surface area contributed by atoms with E-state index in [-0.39, 0.29) is 18.7 Å². The number of hydrogen-bond acceptors (Lipinski definition) is 4. The highest BCUT2D eigenvalue weighted by Gasteiger charge is 2.23. The summed E-state index contributed by atoms with van der Waals surface area (Å²) in [6, 6.07) is 8.33. The molecule has 0 saturated carbocycles. The lowest BCUT2D eigenvalue weighted by atomic mass is 10.1. The third-order valence-corrected chi connectivity index (χ3v) is 4.39. The van der Waals surface area contributed by atoms with Crippen molar-refractivity contribution in [3.63, 3.8) is 0 Å². The van der Waals surface area contributed by atoms with Crippen LogP contribution in [0.1, 0.15) is 30.6 Å². The number of carbonyl (C=O) groups excluding carboxylic acids is 1. The third kappa shape index (κ3) is 3.71. The molecule has 1 atom stereocenters. The maximum Gasteiger partial charge on any atom is 0.337 e. The Hall–Kier alpha value is -1.92. The molecule has 0 fully saturated rings. The van der Waals surface area contributed by atoms with E-state index >= 15 is 0 Å². The number of allylic oxidation sites excluding steroid dienone is 1. The Balaban J connectivity index is 1.45. The first-order valence-electron chi connectivity index (χ1n) is 7.76. The van der Waals surface area contributed by atoms with Gasteiger partial charge in [-0.25, -0.2) is 4.79 Å². The summed E-state index contributed by atoms with van der Waals surface area (Å²) in [4.78, 5) is 12.1. The van der Waals surface area contributed by atoms with Crippen molar-refractivity contribution in [1.29, 1.82) is 0 Å². The molecular weight excluding hydrogens is 312 g/mol. The highest BCUT2D eigenvalue weighted by atomic mass is 32.1. The number of aryl methyl sites for hydroxylation is 1. The number of hydrogen-bond donors (Lipinski definition) is 2. The van der Waals surface area contributed by atoms with Crippen molar-refractivity contribution >= 4 is 23.3 Å². The minimum Gasteiger partial charge on any atom is -0.460 e. The lowest BCUT2D eigenvalue weighted by Gasteiger charge is -2.21. The molecule has 0 bridgehead atoms. The molecule has 3 rings (SSSR count). The highest BCUT2D eigenvalue weighted by Crippen LogP contribution is 2.33. The maximum atomic E-state index is 12.1. The molecule has 0 radical (unpaired) electrons. The molecule has 0 spiro atoms. The molecule has 1 aromatic rings. The molecule has 5 nitrogen and oxygen atoms in total. The van der Waals surface area contributed by atoms with Crippen LogP contribution in [0.4, 0.5) is 0 Å². The highest BCUT2D eigenvalue weighted by molar-refractivity contribution is 7.80. The van der Waals surface area contributed by atoms with Gasteiger partial charge in [0.1, 0.15) is 6.61 Å². The smallest absolute Gasteiger partial charge is 0.337 e. The Bertz CT molecular complexity index is 657. The summed E-state index contributed by atoms with van der Waals surface area (Å²) < 4.78 is 11.2. The Kier molecular flexibility index (Phi) is 4.93. The zero-order chi connectivity index (χ0) is 16.2. The van der Waals surface area contributed by atoms with E-state index in [1.54, 1.807) is 0 Å². The van der Waals surface area contributed by atoms with E-state index in [1.165, 1.54) is 11.1 Å². The van der Waals surface area contributed by atoms with Crippen LogP contribution in [0.3, 0.4) is 0 Å². The first-order chi connectivity index (χ1) is 11.1. The monoisotopic (exact) mass is 332 g/mol. The summed E-state index contributed by atoms with van der Waals surface area (Å²) in [5, 5.41) is 6.37. The van der Waals surface area contributed by atoms with Crippen molar-refractivity contribution in [3.8, 4) is 0 Å². The van der Waals surface area contributed by atoms with Crippen LogP contribution in [0.15, 0.2) is 35.5 Å². The van der Waals surface area contributed by atoms with Gasteiger partial charge in [0.25, 0.3) is 0 Å². The average Bonchev–Trinajstić information content (AvgIpc) is 2.94. The molecule has 0 saturated heterocycles. The molecule has 0 amide bonds. The zero-order valence-electron chi connectivity index (χ0n) is 13.1. The number of benzene rings is 1. The Morgan fingerprint density at radius 3 is 3.00 bits per heavy atom. The van der Waals surface area contributed by atoms with Gasteiger partial charge in [0.05, 0.1) is 24.8 Å². The molecule has 1 aliphatic heterocycles. The number of fused-ring (bicyclic) bond motifs is 1. The van der Waals surface area contributed by atoms with Gasteiger partial charge >= 0.3 is 5.97 Å². The van der Waals surface area contributed by atoms with Crippen LogP contribution in [0.2, 0.25) is 0 Å². The Morgan fingerprint density at radius 1 is 1.35 bits per heavy atom. The van der Waals surface area contributed by atoms with E-state index in [0.29, 0.717) is 23.8 Å². The van der Waals surface area contributed by atoms with Crippen LogP contribution in [0.5, 0.6) is 0 Å². The standard InChI is InChI=1S/C17H20N2O3S/c1-11-14(10-18-17(23)19-11)16(20)22-9-8-21-15-7-6-12-4-2-3-5-13(12)15/h2-5,15H,6-10H2,1H3,(H2,18,19,23). The number of esters is 1. The van der Waals surface area contributed by atoms with Gasteiger partial charge < -0.3 is 20.1 Å². The van der Waals surface area contributed by atoms with Gasteiger partial charge in [-0.15, -0.1) is 0 Å². The second-order valence-corrected chi connectivity index (χ2v) is 6.05. The van der Waals surface area contributed by atoms with Gasteiger partial charge in [0, 0.05) is 5.70 Å².